The molecule has 6 nitrogen and oxygen atoms in total. The van der Waals surface area contributed by atoms with Crippen LogP contribution < -0.4 is 0 Å². The van der Waals surface area contributed by atoms with Gasteiger partial charge < -0.3 is 30.6 Å². The van der Waals surface area contributed by atoms with E-state index in [1.807, 2.05) is 73.7 Å². The molecule has 228 valence electrons. The third kappa shape index (κ3) is 9.56. The first-order valence-electron chi connectivity index (χ1n) is 14.3. The lowest BCUT2D eigenvalue weighted by Gasteiger charge is -2.29. The maximum atomic E-state index is 9.79. The van der Waals surface area contributed by atoms with Crippen LogP contribution >= 0.6 is 0 Å². The van der Waals surface area contributed by atoms with Gasteiger partial charge >= 0.3 is 0 Å². The largest absolute Gasteiger partial charge is 0.508 e. The molecule has 0 saturated heterocycles. The summed E-state index contributed by atoms with van der Waals surface area (Å²) in [6.45, 7) is 1.99. The fourth-order valence-corrected chi connectivity index (χ4v) is 4.85. The summed E-state index contributed by atoms with van der Waals surface area (Å²) in [5.41, 5.74) is 5.13. The standard InChI is InChI=1S/C26H22O4.C7H8O.C6H6O/c27-21-9-1-17(2-10-21)25(18-3-11-22(28)12-4-18)26(19-5-13-23(29)14-6-19)20-7-15-24(30)16-8-20;1-6-2-4-7(8)5-3-6;7-6-4-2-1-3-5-6/h1-16,25-30H;2-5,8H,1H3;1-5,7H. The number of aromatic hydroxyl groups is 6. The molecule has 0 heterocycles. The lowest BCUT2D eigenvalue weighted by Crippen LogP contribution is -2.14. The molecular formula is C39H36O6. The Morgan fingerprint density at radius 3 is 0.711 bits per heavy atom. The second kappa shape index (κ2) is 15.5. The van der Waals surface area contributed by atoms with Crippen molar-refractivity contribution in [3.8, 4) is 34.5 Å². The molecule has 0 aliphatic carbocycles. The zero-order valence-corrected chi connectivity index (χ0v) is 24.8. The lowest BCUT2D eigenvalue weighted by atomic mass is 9.73. The first-order valence-corrected chi connectivity index (χ1v) is 14.3. The summed E-state index contributed by atoms with van der Waals surface area (Å²) in [6.07, 6.45) is 0. The van der Waals surface area contributed by atoms with E-state index in [1.54, 1.807) is 84.9 Å². The van der Waals surface area contributed by atoms with Crippen LogP contribution in [-0.4, -0.2) is 30.6 Å². The molecule has 6 heteroatoms. The quantitative estimate of drug-likeness (QED) is 0.118. The third-order valence-corrected chi connectivity index (χ3v) is 7.13. The number of hydrogen-bond donors (Lipinski definition) is 6. The number of para-hydroxylation sites is 1. The molecule has 0 saturated carbocycles. The molecule has 6 aromatic carbocycles. The van der Waals surface area contributed by atoms with E-state index in [0.29, 0.717) is 11.5 Å². The van der Waals surface area contributed by atoms with E-state index >= 15 is 0 Å². The Bertz CT molecular complexity index is 1510. The van der Waals surface area contributed by atoms with E-state index in [4.69, 9.17) is 10.2 Å². The van der Waals surface area contributed by atoms with Crippen LogP contribution in [0.25, 0.3) is 0 Å². The van der Waals surface area contributed by atoms with E-state index in [1.165, 1.54) is 5.56 Å². The monoisotopic (exact) mass is 600 g/mol. The molecule has 0 aliphatic rings. The Morgan fingerprint density at radius 2 is 0.511 bits per heavy atom. The Labute approximate surface area is 263 Å². The van der Waals surface area contributed by atoms with E-state index < -0.39 is 0 Å². The van der Waals surface area contributed by atoms with Gasteiger partial charge in [0.1, 0.15) is 34.5 Å². The van der Waals surface area contributed by atoms with Gasteiger partial charge in [-0.05, 0) is 102 Å². The van der Waals surface area contributed by atoms with Gasteiger partial charge in [-0.3, -0.25) is 0 Å². The van der Waals surface area contributed by atoms with Crippen molar-refractivity contribution in [1.82, 2.24) is 0 Å². The lowest BCUT2D eigenvalue weighted by molar-refractivity contribution is 0.473. The predicted octanol–water partition coefficient (Wildman–Crippen LogP) is 8.57. The first kappa shape index (κ1) is 32.0. The molecule has 6 aromatic rings. The van der Waals surface area contributed by atoms with Crippen molar-refractivity contribution >= 4 is 0 Å². The van der Waals surface area contributed by atoms with Gasteiger partial charge in [-0.15, -0.1) is 0 Å². The molecule has 0 aromatic heterocycles. The highest BCUT2D eigenvalue weighted by atomic mass is 16.3. The van der Waals surface area contributed by atoms with Gasteiger partial charge in [0.05, 0.1) is 0 Å². The molecule has 0 unspecified atom stereocenters. The van der Waals surface area contributed by atoms with Crippen molar-refractivity contribution < 1.29 is 30.6 Å². The summed E-state index contributed by atoms with van der Waals surface area (Å²) in [6, 6.07) is 44.2. The highest BCUT2D eigenvalue weighted by Gasteiger charge is 2.28. The van der Waals surface area contributed by atoms with Gasteiger partial charge in [-0.2, -0.15) is 0 Å². The SMILES string of the molecule is Cc1ccc(O)cc1.Oc1ccc(C(c2ccc(O)cc2)C(c2ccc(O)cc2)c2ccc(O)cc2)cc1.Oc1ccccc1. The van der Waals surface area contributed by atoms with Crippen molar-refractivity contribution in [2.75, 3.05) is 0 Å². The predicted molar refractivity (Wildman–Crippen MR) is 177 cm³/mol. The van der Waals surface area contributed by atoms with Crippen molar-refractivity contribution in [3.05, 3.63) is 179 Å². The Kier molecular flexibility index (Phi) is 11.1. The van der Waals surface area contributed by atoms with Crippen LogP contribution in [0.1, 0.15) is 39.7 Å². The molecule has 0 spiro atoms. The summed E-state index contributed by atoms with van der Waals surface area (Å²) in [5.74, 6) is 1.13. The molecule has 0 atom stereocenters. The number of benzene rings is 6. The summed E-state index contributed by atoms with van der Waals surface area (Å²) in [5, 5.41) is 56.6. The van der Waals surface area contributed by atoms with Gasteiger partial charge in [-0.25, -0.2) is 0 Å². The van der Waals surface area contributed by atoms with Crippen LogP contribution in [0.2, 0.25) is 0 Å². The maximum absolute atomic E-state index is 9.79. The highest BCUT2D eigenvalue weighted by molar-refractivity contribution is 5.48. The smallest absolute Gasteiger partial charge is 0.115 e. The molecule has 0 bridgehead atoms. The van der Waals surface area contributed by atoms with E-state index in [9.17, 15) is 20.4 Å². The molecule has 0 fully saturated rings. The van der Waals surface area contributed by atoms with Crippen molar-refractivity contribution in [3.63, 3.8) is 0 Å². The number of phenols is 6. The molecule has 0 radical (unpaired) electrons. The van der Waals surface area contributed by atoms with E-state index in [2.05, 4.69) is 0 Å². The Morgan fingerprint density at radius 1 is 0.289 bits per heavy atom. The van der Waals surface area contributed by atoms with Crippen LogP contribution in [0.15, 0.2) is 152 Å². The summed E-state index contributed by atoms with van der Waals surface area (Å²) in [7, 11) is 0. The zero-order chi connectivity index (χ0) is 32.2. The Balaban J connectivity index is 0.000000250. The second-order valence-electron chi connectivity index (χ2n) is 10.5. The number of hydrogen-bond acceptors (Lipinski definition) is 6. The van der Waals surface area contributed by atoms with Crippen molar-refractivity contribution in [2.24, 2.45) is 0 Å². The second-order valence-corrected chi connectivity index (χ2v) is 10.5. The normalized spacial score (nSPS) is 10.4. The van der Waals surface area contributed by atoms with Crippen molar-refractivity contribution in [2.45, 2.75) is 18.8 Å². The number of rotatable bonds is 5. The maximum Gasteiger partial charge on any atom is 0.115 e. The van der Waals surface area contributed by atoms with E-state index in [-0.39, 0.29) is 34.8 Å². The van der Waals surface area contributed by atoms with Crippen LogP contribution in [0.4, 0.5) is 0 Å². The topological polar surface area (TPSA) is 121 Å². The summed E-state index contributed by atoms with van der Waals surface area (Å²) < 4.78 is 0. The molecule has 6 N–H and O–H groups in total. The molecule has 45 heavy (non-hydrogen) atoms. The fourth-order valence-electron chi connectivity index (χ4n) is 4.85. The number of phenolic OH excluding ortho intramolecular Hbond substituents is 6. The Hall–Kier alpha value is -5.88. The van der Waals surface area contributed by atoms with Crippen LogP contribution in [-0.2, 0) is 0 Å². The summed E-state index contributed by atoms with van der Waals surface area (Å²) >= 11 is 0. The van der Waals surface area contributed by atoms with Gasteiger partial charge in [0, 0.05) is 11.8 Å². The van der Waals surface area contributed by atoms with Crippen LogP contribution in [0.5, 0.6) is 34.5 Å². The molecule has 0 amide bonds. The van der Waals surface area contributed by atoms with E-state index in [0.717, 1.165) is 22.3 Å². The van der Waals surface area contributed by atoms with Crippen LogP contribution in [0, 0.1) is 6.92 Å². The van der Waals surface area contributed by atoms with Gasteiger partial charge in [-0.1, -0.05) is 84.4 Å². The minimum absolute atomic E-state index is 0.139. The fraction of sp³-hybridized carbons (Fsp3) is 0.0769. The minimum atomic E-state index is -0.139. The molecule has 6 rings (SSSR count). The third-order valence-electron chi connectivity index (χ3n) is 7.13. The summed E-state index contributed by atoms with van der Waals surface area (Å²) in [4.78, 5) is 0. The van der Waals surface area contributed by atoms with Crippen LogP contribution in [0.3, 0.4) is 0 Å². The molecule has 0 aliphatic heterocycles. The first-order chi connectivity index (χ1) is 21.7. The average Bonchev–Trinajstić information content (AvgIpc) is 3.05. The molecular weight excluding hydrogens is 564 g/mol. The van der Waals surface area contributed by atoms with Gasteiger partial charge in [0.25, 0.3) is 0 Å². The van der Waals surface area contributed by atoms with Crippen molar-refractivity contribution in [1.29, 1.82) is 0 Å². The van der Waals surface area contributed by atoms with Gasteiger partial charge in [0.2, 0.25) is 0 Å². The zero-order valence-electron chi connectivity index (χ0n) is 24.8. The van der Waals surface area contributed by atoms with Gasteiger partial charge in [0.15, 0.2) is 0 Å². The average molecular weight is 601 g/mol. The highest BCUT2D eigenvalue weighted by Crippen LogP contribution is 2.44. The minimum Gasteiger partial charge on any atom is -0.508 e. The number of aryl methyl sites for hydroxylation is 1.